The zero-order valence-corrected chi connectivity index (χ0v) is 13.0. The zero-order valence-electron chi connectivity index (χ0n) is 12.2. The number of hydrogen-bond acceptors (Lipinski definition) is 4. The number of rotatable bonds is 3. The van der Waals surface area contributed by atoms with E-state index in [0.29, 0.717) is 13.1 Å². The van der Waals surface area contributed by atoms with Crippen LogP contribution in [-0.4, -0.2) is 37.8 Å². The molecule has 0 N–H and O–H groups in total. The smallest absolute Gasteiger partial charge is 0.229 e. The molecule has 112 valence electrons. The SMILES string of the molecule is CC(C)(CS(C)(=O)=O)C(=O)N1CCCc2occc2C1. The molecule has 1 aliphatic rings. The van der Waals surface area contributed by atoms with Crippen molar-refractivity contribution in [2.45, 2.75) is 33.2 Å². The molecule has 0 atom stereocenters. The van der Waals surface area contributed by atoms with Crippen molar-refractivity contribution in [3.63, 3.8) is 0 Å². The van der Waals surface area contributed by atoms with Gasteiger partial charge in [0.1, 0.15) is 15.6 Å². The normalized spacial score (nSPS) is 16.6. The highest BCUT2D eigenvalue weighted by Crippen LogP contribution is 2.26. The molecule has 0 radical (unpaired) electrons. The quantitative estimate of drug-likeness (QED) is 0.850. The maximum Gasteiger partial charge on any atom is 0.229 e. The summed E-state index contributed by atoms with van der Waals surface area (Å²) >= 11 is 0. The van der Waals surface area contributed by atoms with E-state index in [1.807, 2.05) is 6.07 Å². The molecule has 0 spiro atoms. The number of fused-ring (bicyclic) bond motifs is 1. The Morgan fingerprint density at radius 3 is 2.80 bits per heavy atom. The Labute approximate surface area is 119 Å². The van der Waals surface area contributed by atoms with E-state index >= 15 is 0 Å². The molecule has 2 heterocycles. The van der Waals surface area contributed by atoms with Gasteiger partial charge in [0, 0.05) is 31.3 Å². The van der Waals surface area contributed by atoms with E-state index in [4.69, 9.17) is 4.42 Å². The van der Waals surface area contributed by atoms with Crippen LogP contribution in [0.25, 0.3) is 0 Å². The number of hydrogen-bond donors (Lipinski definition) is 0. The third-order valence-corrected chi connectivity index (χ3v) is 4.77. The molecule has 1 aromatic rings. The largest absolute Gasteiger partial charge is 0.469 e. The van der Waals surface area contributed by atoms with E-state index in [1.165, 1.54) is 6.26 Å². The third-order valence-electron chi connectivity index (χ3n) is 3.52. The van der Waals surface area contributed by atoms with Gasteiger partial charge >= 0.3 is 0 Å². The van der Waals surface area contributed by atoms with E-state index in [2.05, 4.69) is 0 Å². The van der Waals surface area contributed by atoms with Crippen LogP contribution in [0.1, 0.15) is 31.6 Å². The average molecular weight is 299 g/mol. The molecule has 2 rings (SSSR count). The fraction of sp³-hybridized carbons (Fsp3) is 0.643. The first kappa shape index (κ1) is 15.1. The zero-order chi connectivity index (χ0) is 15.0. The molecule has 0 aliphatic carbocycles. The molecular weight excluding hydrogens is 278 g/mol. The Bertz CT molecular complexity index is 600. The summed E-state index contributed by atoms with van der Waals surface area (Å²) in [6, 6.07) is 1.88. The van der Waals surface area contributed by atoms with E-state index < -0.39 is 15.3 Å². The standard InChI is InChI=1S/C14H21NO4S/c1-14(2,10-20(3,17)18)13(16)15-7-4-5-12-11(9-15)6-8-19-12/h6,8H,4-5,7,9-10H2,1-3H3. The van der Waals surface area contributed by atoms with Gasteiger partial charge in [-0.2, -0.15) is 0 Å². The van der Waals surface area contributed by atoms with Crippen molar-refractivity contribution in [3.8, 4) is 0 Å². The van der Waals surface area contributed by atoms with Crippen molar-refractivity contribution in [2.75, 3.05) is 18.6 Å². The van der Waals surface area contributed by atoms with Gasteiger partial charge in [-0.3, -0.25) is 4.79 Å². The lowest BCUT2D eigenvalue weighted by atomic mass is 9.94. The maximum atomic E-state index is 12.6. The molecule has 0 saturated heterocycles. The molecule has 5 nitrogen and oxygen atoms in total. The Morgan fingerprint density at radius 1 is 1.45 bits per heavy atom. The van der Waals surface area contributed by atoms with Crippen molar-refractivity contribution >= 4 is 15.7 Å². The first-order valence-corrected chi connectivity index (χ1v) is 8.77. The minimum Gasteiger partial charge on any atom is -0.469 e. The van der Waals surface area contributed by atoms with Gasteiger partial charge in [0.25, 0.3) is 0 Å². The van der Waals surface area contributed by atoms with Gasteiger partial charge in [-0.05, 0) is 12.5 Å². The summed E-state index contributed by atoms with van der Waals surface area (Å²) in [6.45, 7) is 4.52. The molecule has 20 heavy (non-hydrogen) atoms. The molecule has 0 saturated carbocycles. The molecule has 0 aromatic carbocycles. The Morgan fingerprint density at radius 2 is 2.15 bits per heavy atom. The van der Waals surface area contributed by atoms with Crippen LogP contribution in [0.5, 0.6) is 0 Å². The monoisotopic (exact) mass is 299 g/mol. The Balaban J connectivity index is 2.17. The van der Waals surface area contributed by atoms with E-state index in [9.17, 15) is 13.2 Å². The fourth-order valence-electron chi connectivity index (χ4n) is 2.76. The lowest BCUT2D eigenvalue weighted by Crippen LogP contribution is -2.44. The lowest BCUT2D eigenvalue weighted by Gasteiger charge is -2.30. The second kappa shape index (κ2) is 5.24. The highest BCUT2D eigenvalue weighted by atomic mass is 32.2. The van der Waals surface area contributed by atoms with Crippen LogP contribution in [0.2, 0.25) is 0 Å². The van der Waals surface area contributed by atoms with Gasteiger partial charge in [0.05, 0.1) is 17.4 Å². The summed E-state index contributed by atoms with van der Waals surface area (Å²) in [7, 11) is -3.19. The maximum absolute atomic E-state index is 12.6. The lowest BCUT2D eigenvalue weighted by molar-refractivity contribution is -0.139. The number of carbonyl (C=O) groups excluding carboxylic acids is 1. The first-order chi connectivity index (χ1) is 9.19. The van der Waals surface area contributed by atoms with Crippen LogP contribution in [0.15, 0.2) is 16.7 Å². The Kier molecular flexibility index (Phi) is 3.95. The second-order valence-corrected chi connectivity index (χ2v) is 8.29. The molecule has 0 bridgehead atoms. The van der Waals surface area contributed by atoms with Crippen molar-refractivity contribution < 1.29 is 17.6 Å². The highest BCUT2D eigenvalue weighted by molar-refractivity contribution is 7.90. The predicted molar refractivity (Wildman–Crippen MR) is 75.9 cm³/mol. The van der Waals surface area contributed by atoms with Gasteiger partial charge in [0.15, 0.2) is 0 Å². The molecule has 1 aromatic heterocycles. The highest BCUT2D eigenvalue weighted by Gasteiger charge is 2.36. The number of amides is 1. The molecule has 1 aliphatic heterocycles. The van der Waals surface area contributed by atoms with Gasteiger partial charge in [-0.25, -0.2) is 8.42 Å². The molecule has 0 fully saturated rings. The van der Waals surface area contributed by atoms with Crippen LogP contribution in [0.3, 0.4) is 0 Å². The van der Waals surface area contributed by atoms with Crippen LogP contribution >= 0.6 is 0 Å². The van der Waals surface area contributed by atoms with Crippen LogP contribution < -0.4 is 0 Å². The molecule has 6 heteroatoms. The summed E-state index contributed by atoms with van der Waals surface area (Å²) in [6.07, 6.45) is 4.46. The van der Waals surface area contributed by atoms with Crippen LogP contribution in [0, 0.1) is 5.41 Å². The summed E-state index contributed by atoms with van der Waals surface area (Å²) in [5, 5.41) is 0. The number of furan rings is 1. The Hall–Kier alpha value is -1.30. The second-order valence-electron chi connectivity index (χ2n) is 6.15. The summed E-state index contributed by atoms with van der Waals surface area (Å²) in [5.41, 5.74) is 0.118. The average Bonchev–Trinajstić information content (AvgIpc) is 2.62. The fourth-order valence-corrected chi connectivity index (χ4v) is 4.20. The van der Waals surface area contributed by atoms with Gasteiger partial charge in [-0.1, -0.05) is 13.8 Å². The van der Waals surface area contributed by atoms with Crippen LogP contribution in [-0.2, 0) is 27.6 Å². The summed E-state index contributed by atoms with van der Waals surface area (Å²) in [5.74, 6) is 0.686. The molecule has 1 amide bonds. The minimum absolute atomic E-state index is 0.114. The summed E-state index contributed by atoms with van der Waals surface area (Å²) in [4.78, 5) is 14.4. The first-order valence-electron chi connectivity index (χ1n) is 6.71. The molecule has 0 unspecified atom stereocenters. The number of carbonyl (C=O) groups is 1. The number of sulfone groups is 1. The van der Waals surface area contributed by atoms with Gasteiger partial charge in [-0.15, -0.1) is 0 Å². The topological polar surface area (TPSA) is 67.6 Å². The minimum atomic E-state index is -3.19. The van der Waals surface area contributed by atoms with Crippen LogP contribution in [0.4, 0.5) is 0 Å². The number of aryl methyl sites for hydroxylation is 1. The van der Waals surface area contributed by atoms with Gasteiger partial charge < -0.3 is 9.32 Å². The number of nitrogens with zero attached hydrogens (tertiary/aromatic N) is 1. The van der Waals surface area contributed by atoms with Crippen molar-refractivity contribution in [3.05, 3.63) is 23.7 Å². The van der Waals surface area contributed by atoms with E-state index in [1.54, 1.807) is 25.0 Å². The third kappa shape index (κ3) is 3.42. The van der Waals surface area contributed by atoms with E-state index in [0.717, 1.165) is 24.2 Å². The van der Waals surface area contributed by atoms with E-state index in [-0.39, 0.29) is 11.7 Å². The van der Waals surface area contributed by atoms with Crippen molar-refractivity contribution in [1.29, 1.82) is 0 Å². The predicted octanol–water partition coefficient (Wildman–Crippen LogP) is 1.63. The van der Waals surface area contributed by atoms with Crippen molar-refractivity contribution in [1.82, 2.24) is 4.90 Å². The summed E-state index contributed by atoms with van der Waals surface area (Å²) < 4.78 is 28.3. The van der Waals surface area contributed by atoms with Gasteiger partial charge in [0.2, 0.25) is 5.91 Å². The van der Waals surface area contributed by atoms with Crippen molar-refractivity contribution in [2.24, 2.45) is 5.41 Å². The molecular formula is C14H21NO4S.